The predicted molar refractivity (Wildman–Crippen MR) is 122 cm³/mol. The average molecular weight is 418 g/mol. The molecule has 1 amide bonds. The highest BCUT2D eigenvalue weighted by Crippen LogP contribution is 2.26. The fourth-order valence-electron chi connectivity index (χ4n) is 3.75. The van der Waals surface area contributed by atoms with Gasteiger partial charge in [0.2, 0.25) is 5.91 Å². The van der Waals surface area contributed by atoms with Crippen LogP contribution in [0.2, 0.25) is 5.02 Å². The molecule has 0 fully saturated rings. The summed E-state index contributed by atoms with van der Waals surface area (Å²) in [5, 5.41) is 3.69. The van der Waals surface area contributed by atoms with Crippen molar-refractivity contribution in [2.75, 3.05) is 6.54 Å². The molecule has 30 heavy (non-hydrogen) atoms. The minimum Gasteiger partial charge on any atom is -0.355 e. The Hall–Kier alpha value is -3.11. The van der Waals surface area contributed by atoms with Gasteiger partial charge in [0.1, 0.15) is 5.82 Å². The molecule has 0 aliphatic carbocycles. The molecule has 0 saturated heterocycles. The predicted octanol–water partition coefficient (Wildman–Crippen LogP) is 5.20. The van der Waals surface area contributed by atoms with Crippen molar-refractivity contribution in [1.29, 1.82) is 0 Å². The lowest BCUT2D eigenvalue weighted by atomic mass is 10.1. The number of hydrogen-bond donors (Lipinski definition) is 1. The number of rotatable bonds is 7. The van der Waals surface area contributed by atoms with Gasteiger partial charge >= 0.3 is 0 Å². The molecule has 0 bridgehead atoms. The molecule has 4 nitrogen and oxygen atoms in total. The molecule has 0 saturated carbocycles. The topological polar surface area (TPSA) is 46.9 Å². The molecule has 1 N–H and O–H groups in total. The van der Waals surface area contributed by atoms with Gasteiger partial charge in [-0.2, -0.15) is 0 Å². The van der Waals surface area contributed by atoms with Crippen LogP contribution in [0.1, 0.15) is 29.9 Å². The van der Waals surface area contributed by atoms with Crippen LogP contribution in [0.15, 0.2) is 78.9 Å². The molecule has 5 heteroatoms. The maximum Gasteiger partial charge on any atom is 0.224 e. The normalized spacial score (nSPS) is 12.1. The largest absolute Gasteiger partial charge is 0.355 e. The van der Waals surface area contributed by atoms with Crippen LogP contribution in [0.5, 0.6) is 0 Å². The van der Waals surface area contributed by atoms with Gasteiger partial charge in [-0.25, -0.2) is 4.98 Å². The van der Waals surface area contributed by atoms with Gasteiger partial charge < -0.3 is 9.88 Å². The minimum atomic E-state index is -0.00362. The smallest absolute Gasteiger partial charge is 0.224 e. The van der Waals surface area contributed by atoms with E-state index >= 15 is 0 Å². The summed E-state index contributed by atoms with van der Waals surface area (Å²) < 4.78 is 2.27. The van der Waals surface area contributed by atoms with E-state index in [9.17, 15) is 4.79 Å². The SMILES string of the molecule is CC(c1ccccc1)n1c(CCNC(=O)Cc2ccc(Cl)cc2)nc2ccccc21. The number of nitrogens with one attached hydrogen (secondary N) is 1. The highest BCUT2D eigenvalue weighted by molar-refractivity contribution is 6.30. The molecule has 0 aliphatic rings. The van der Waals surface area contributed by atoms with Gasteiger partial charge in [-0.1, -0.05) is 66.2 Å². The van der Waals surface area contributed by atoms with Crippen LogP contribution in [0.3, 0.4) is 0 Å². The fraction of sp³-hybridized carbons (Fsp3) is 0.200. The van der Waals surface area contributed by atoms with Gasteiger partial charge in [0.15, 0.2) is 0 Å². The number of hydrogen-bond acceptors (Lipinski definition) is 2. The van der Waals surface area contributed by atoms with Crippen molar-refractivity contribution < 1.29 is 4.79 Å². The van der Waals surface area contributed by atoms with E-state index in [-0.39, 0.29) is 11.9 Å². The van der Waals surface area contributed by atoms with Gasteiger partial charge in [-0.05, 0) is 42.3 Å². The fourth-order valence-corrected chi connectivity index (χ4v) is 3.87. The number of amides is 1. The Morgan fingerprint density at radius 3 is 2.47 bits per heavy atom. The number of para-hydroxylation sites is 2. The number of imidazole rings is 1. The van der Waals surface area contributed by atoms with Crippen LogP contribution in [0.4, 0.5) is 0 Å². The molecule has 1 unspecified atom stereocenters. The summed E-state index contributed by atoms with van der Waals surface area (Å²) in [6, 6.07) is 26.1. The van der Waals surface area contributed by atoms with Crippen molar-refractivity contribution in [3.63, 3.8) is 0 Å². The van der Waals surface area contributed by atoms with Crippen LogP contribution in [-0.2, 0) is 17.6 Å². The summed E-state index contributed by atoms with van der Waals surface area (Å²) >= 11 is 5.91. The summed E-state index contributed by atoms with van der Waals surface area (Å²) in [5.41, 5.74) is 4.26. The lowest BCUT2D eigenvalue weighted by molar-refractivity contribution is -0.120. The molecule has 152 valence electrons. The highest BCUT2D eigenvalue weighted by atomic mass is 35.5. The number of carbonyl (C=O) groups is 1. The minimum absolute atomic E-state index is 0.00362. The zero-order valence-electron chi connectivity index (χ0n) is 16.9. The van der Waals surface area contributed by atoms with E-state index < -0.39 is 0 Å². The number of nitrogens with zero attached hydrogens (tertiary/aromatic N) is 2. The van der Waals surface area contributed by atoms with E-state index in [0.717, 1.165) is 22.4 Å². The molecule has 1 heterocycles. The third kappa shape index (κ3) is 4.55. The summed E-state index contributed by atoms with van der Waals surface area (Å²) in [5.74, 6) is 0.968. The van der Waals surface area contributed by atoms with Gasteiger partial charge in [-0.15, -0.1) is 0 Å². The molecule has 0 radical (unpaired) electrons. The molecular formula is C25H24ClN3O. The van der Waals surface area contributed by atoms with Gasteiger partial charge in [0.25, 0.3) is 0 Å². The van der Waals surface area contributed by atoms with Crippen molar-refractivity contribution >= 4 is 28.5 Å². The van der Waals surface area contributed by atoms with E-state index in [0.29, 0.717) is 24.4 Å². The number of halogens is 1. The Bertz CT molecular complexity index is 1140. The van der Waals surface area contributed by atoms with Crippen LogP contribution < -0.4 is 5.32 Å². The monoisotopic (exact) mass is 417 g/mol. The Kier molecular flexibility index (Phi) is 6.15. The second-order valence-electron chi connectivity index (χ2n) is 7.38. The van der Waals surface area contributed by atoms with Crippen molar-refractivity contribution in [3.8, 4) is 0 Å². The van der Waals surface area contributed by atoms with Crippen LogP contribution >= 0.6 is 11.6 Å². The first-order valence-corrected chi connectivity index (χ1v) is 10.5. The van der Waals surface area contributed by atoms with Crippen molar-refractivity contribution in [3.05, 3.63) is 101 Å². The summed E-state index contributed by atoms with van der Waals surface area (Å²) in [6.07, 6.45) is 1.01. The third-order valence-electron chi connectivity index (χ3n) is 5.29. The van der Waals surface area contributed by atoms with E-state index in [1.54, 1.807) is 12.1 Å². The van der Waals surface area contributed by atoms with Crippen molar-refractivity contribution in [1.82, 2.24) is 14.9 Å². The first kappa shape index (κ1) is 20.2. The highest BCUT2D eigenvalue weighted by Gasteiger charge is 2.17. The van der Waals surface area contributed by atoms with E-state index in [1.807, 2.05) is 36.4 Å². The van der Waals surface area contributed by atoms with Crippen LogP contribution in [0.25, 0.3) is 11.0 Å². The zero-order valence-corrected chi connectivity index (χ0v) is 17.6. The van der Waals surface area contributed by atoms with Crippen molar-refractivity contribution in [2.45, 2.75) is 25.8 Å². The zero-order chi connectivity index (χ0) is 20.9. The average Bonchev–Trinajstić information content (AvgIpc) is 3.13. The lowest BCUT2D eigenvalue weighted by Crippen LogP contribution is -2.28. The summed E-state index contributed by atoms with van der Waals surface area (Å²) in [6.45, 7) is 2.73. The molecule has 0 aliphatic heterocycles. The summed E-state index contributed by atoms with van der Waals surface area (Å²) in [4.78, 5) is 17.2. The standard InChI is InChI=1S/C25H24ClN3O/c1-18(20-7-3-2-4-8-20)29-23-10-6-5-9-22(23)28-24(29)15-16-27-25(30)17-19-11-13-21(26)14-12-19/h2-14,18H,15-17H2,1H3,(H,27,30). The second kappa shape index (κ2) is 9.14. The van der Waals surface area contributed by atoms with E-state index in [2.05, 4.69) is 47.1 Å². The molecule has 4 rings (SSSR count). The lowest BCUT2D eigenvalue weighted by Gasteiger charge is -2.18. The molecule has 1 atom stereocenters. The Morgan fingerprint density at radius 1 is 1.00 bits per heavy atom. The van der Waals surface area contributed by atoms with E-state index in [4.69, 9.17) is 16.6 Å². The number of aromatic nitrogens is 2. The Morgan fingerprint density at radius 2 is 1.70 bits per heavy atom. The number of carbonyl (C=O) groups excluding carboxylic acids is 1. The van der Waals surface area contributed by atoms with Crippen LogP contribution in [-0.4, -0.2) is 22.0 Å². The first-order chi connectivity index (χ1) is 14.6. The van der Waals surface area contributed by atoms with Gasteiger partial charge in [0, 0.05) is 18.0 Å². The van der Waals surface area contributed by atoms with Crippen LogP contribution in [0, 0.1) is 0 Å². The Labute approximate surface area is 181 Å². The Balaban J connectivity index is 1.48. The van der Waals surface area contributed by atoms with Crippen molar-refractivity contribution in [2.24, 2.45) is 0 Å². The number of benzene rings is 3. The molecule has 4 aromatic rings. The number of fused-ring (bicyclic) bond motifs is 1. The quantitative estimate of drug-likeness (QED) is 0.449. The molecule has 3 aromatic carbocycles. The van der Waals surface area contributed by atoms with E-state index in [1.165, 1.54) is 5.56 Å². The molecular weight excluding hydrogens is 394 g/mol. The molecule has 0 spiro atoms. The maximum atomic E-state index is 12.3. The molecule has 1 aromatic heterocycles. The van der Waals surface area contributed by atoms with Gasteiger partial charge in [0.05, 0.1) is 23.5 Å². The third-order valence-corrected chi connectivity index (χ3v) is 5.54. The first-order valence-electron chi connectivity index (χ1n) is 10.1. The van der Waals surface area contributed by atoms with Gasteiger partial charge in [-0.3, -0.25) is 4.79 Å². The second-order valence-corrected chi connectivity index (χ2v) is 7.81. The maximum absolute atomic E-state index is 12.3. The summed E-state index contributed by atoms with van der Waals surface area (Å²) in [7, 11) is 0.